The van der Waals surface area contributed by atoms with Crippen molar-refractivity contribution in [2.24, 2.45) is 5.92 Å². The van der Waals surface area contributed by atoms with E-state index in [1.165, 1.54) is 7.11 Å². The maximum atomic E-state index is 12.1. The predicted molar refractivity (Wildman–Crippen MR) is 72.5 cm³/mol. The molecule has 2 aromatic rings. The van der Waals surface area contributed by atoms with Gasteiger partial charge in [0.25, 0.3) is 0 Å². The van der Waals surface area contributed by atoms with Gasteiger partial charge in [-0.2, -0.15) is 5.10 Å². The Morgan fingerprint density at radius 3 is 3.10 bits per heavy atom. The van der Waals surface area contributed by atoms with E-state index < -0.39 is 5.92 Å². The number of methoxy groups -OCH3 is 1. The van der Waals surface area contributed by atoms with Gasteiger partial charge in [-0.15, -0.1) is 0 Å². The van der Waals surface area contributed by atoms with Gasteiger partial charge < -0.3 is 9.15 Å². The van der Waals surface area contributed by atoms with Gasteiger partial charge in [0.2, 0.25) is 5.91 Å². The first-order valence-electron chi connectivity index (χ1n) is 6.61. The molecule has 1 unspecified atom stereocenters. The molecule has 3 heterocycles. The van der Waals surface area contributed by atoms with Crippen LogP contribution in [0.25, 0.3) is 0 Å². The summed E-state index contributed by atoms with van der Waals surface area (Å²) in [6.07, 6.45) is 3.38. The molecule has 2 aromatic heterocycles. The molecule has 0 aliphatic carbocycles. The van der Waals surface area contributed by atoms with Crippen LogP contribution in [-0.4, -0.2) is 35.3 Å². The van der Waals surface area contributed by atoms with E-state index in [-0.39, 0.29) is 18.3 Å². The number of carbonyl (C=O) groups excluding carboxylic acids is 2. The van der Waals surface area contributed by atoms with E-state index in [4.69, 9.17) is 9.15 Å². The van der Waals surface area contributed by atoms with Gasteiger partial charge in [-0.1, -0.05) is 0 Å². The summed E-state index contributed by atoms with van der Waals surface area (Å²) in [7, 11) is 1.33. The highest BCUT2D eigenvalue weighted by Crippen LogP contribution is 2.26. The molecule has 0 radical (unpaired) electrons. The van der Waals surface area contributed by atoms with Crippen LogP contribution in [-0.2, 0) is 20.9 Å². The van der Waals surface area contributed by atoms with E-state index in [1.807, 2.05) is 6.07 Å². The summed E-state index contributed by atoms with van der Waals surface area (Å²) in [5.41, 5.74) is 0. The Labute approximate surface area is 121 Å². The fourth-order valence-corrected chi connectivity index (χ4v) is 2.48. The van der Waals surface area contributed by atoms with Crippen LogP contribution in [0, 0.1) is 5.92 Å². The van der Waals surface area contributed by atoms with Gasteiger partial charge in [-0.3, -0.25) is 14.5 Å². The Morgan fingerprint density at radius 2 is 2.38 bits per heavy atom. The maximum Gasteiger partial charge on any atom is 0.311 e. The van der Waals surface area contributed by atoms with Gasteiger partial charge in [0.15, 0.2) is 0 Å². The summed E-state index contributed by atoms with van der Waals surface area (Å²) in [5, 5.41) is 4.21. The molecule has 3 rings (SSSR count). The Kier molecular flexibility index (Phi) is 3.47. The first kappa shape index (κ1) is 13.4. The van der Waals surface area contributed by atoms with Gasteiger partial charge in [-0.05, 0) is 12.1 Å². The van der Waals surface area contributed by atoms with Crippen LogP contribution in [0.5, 0.6) is 0 Å². The van der Waals surface area contributed by atoms with E-state index in [2.05, 4.69) is 5.10 Å². The fourth-order valence-electron chi connectivity index (χ4n) is 2.48. The molecule has 0 saturated carbocycles. The van der Waals surface area contributed by atoms with Crippen molar-refractivity contribution in [1.29, 1.82) is 0 Å². The Morgan fingerprint density at radius 1 is 1.52 bits per heavy atom. The highest BCUT2D eigenvalue weighted by Gasteiger charge is 2.37. The number of anilines is 1. The molecule has 110 valence electrons. The molecule has 1 aliphatic heterocycles. The number of nitrogens with zero attached hydrogens (tertiary/aromatic N) is 3. The van der Waals surface area contributed by atoms with E-state index in [9.17, 15) is 9.59 Å². The number of furan rings is 1. The van der Waals surface area contributed by atoms with Crippen LogP contribution in [0.1, 0.15) is 12.2 Å². The number of hydrogen-bond donors (Lipinski definition) is 0. The predicted octanol–water partition coefficient (Wildman–Crippen LogP) is 1.05. The summed E-state index contributed by atoms with van der Waals surface area (Å²) >= 11 is 0. The van der Waals surface area contributed by atoms with Crippen molar-refractivity contribution < 1.29 is 18.7 Å². The lowest BCUT2D eigenvalue weighted by Crippen LogP contribution is -2.28. The van der Waals surface area contributed by atoms with Crippen molar-refractivity contribution in [3.8, 4) is 0 Å². The van der Waals surface area contributed by atoms with E-state index in [0.717, 1.165) is 5.76 Å². The lowest BCUT2D eigenvalue weighted by atomic mass is 10.1. The Bertz CT molecular complexity index is 647. The fraction of sp³-hybridized carbons (Fsp3) is 0.357. The van der Waals surface area contributed by atoms with Crippen LogP contribution in [0.15, 0.2) is 35.1 Å². The number of carbonyl (C=O) groups is 2. The zero-order valence-electron chi connectivity index (χ0n) is 11.6. The largest absolute Gasteiger partial charge is 0.469 e. The molecule has 1 amide bonds. The second-order valence-electron chi connectivity index (χ2n) is 4.85. The van der Waals surface area contributed by atoms with E-state index in [0.29, 0.717) is 18.9 Å². The van der Waals surface area contributed by atoms with Crippen molar-refractivity contribution in [2.45, 2.75) is 13.0 Å². The molecule has 0 bridgehead atoms. The minimum Gasteiger partial charge on any atom is -0.469 e. The topological polar surface area (TPSA) is 77.6 Å². The highest BCUT2D eigenvalue weighted by molar-refractivity contribution is 5.98. The average molecular weight is 289 g/mol. The summed E-state index contributed by atoms with van der Waals surface area (Å²) < 4.78 is 11.7. The smallest absolute Gasteiger partial charge is 0.311 e. The summed E-state index contributed by atoms with van der Waals surface area (Å²) in [4.78, 5) is 25.3. The molecule has 1 atom stereocenters. The average Bonchev–Trinajstić information content (AvgIpc) is 3.19. The lowest BCUT2D eigenvalue weighted by Gasteiger charge is -2.17. The van der Waals surface area contributed by atoms with Crippen molar-refractivity contribution in [2.75, 3.05) is 18.6 Å². The van der Waals surface area contributed by atoms with E-state index >= 15 is 0 Å². The second-order valence-corrected chi connectivity index (χ2v) is 4.85. The quantitative estimate of drug-likeness (QED) is 0.786. The van der Waals surface area contributed by atoms with Crippen LogP contribution < -0.4 is 4.90 Å². The zero-order valence-corrected chi connectivity index (χ0v) is 11.6. The van der Waals surface area contributed by atoms with Crippen LogP contribution in [0.4, 0.5) is 5.82 Å². The van der Waals surface area contributed by atoms with Crippen LogP contribution in [0.3, 0.4) is 0 Å². The third kappa shape index (κ3) is 2.54. The molecule has 7 nitrogen and oxygen atoms in total. The van der Waals surface area contributed by atoms with Crippen molar-refractivity contribution in [1.82, 2.24) is 9.78 Å². The molecular weight excluding hydrogens is 274 g/mol. The number of ether oxygens (including phenoxy) is 1. The third-order valence-electron chi connectivity index (χ3n) is 3.52. The molecule has 0 spiro atoms. The molecular formula is C14H15N3O4. The minimum atomic E-state index is -0.422. The van der Waals surface area contributed by atoms with Gasteiger partial charge >= 0.3 is 5.97 Å². The van der Waals surface area contributed by atoms with Crippen LogP contribution >= 0.6 is 0 Å². The third-order valence-corrected chi connectivity index (χ3v) is 3.52. The van der Waals surface area contributed by atoms with Gasteiger partial charge in [0, 0.05) is 19.0 Å². The number of aromatic nitrogens is 2. The van der Waals surface area contributed by atoms with Gasteiger partial charge in [0.05, 0.1) is 25.5 Å². The molecule has 21 heavy (non-hydrogen) atoms. The number of amides is 1. The van der Waals surface area contributed by atoms with E-state index in [1.54, 1.807) is 34.2 Å². The SMILES string of the molecule is COC(=O)C1CC(=O)N(c2ccnn2Cc2ccco2)C1. The molecule has 1 aliphatic rings. The molecule has 0 aromatic carbocycles. The second kappa shape index (κ2) is 5.43. The molecule has 1 saturated heterocycles. The minimum absolute atomic E-state index is 0.105. The Balaban J connectivity index is 1.80. The van der Waals surface area contributed by atoms with Crippen molar-refractivity contribution >= 4 is 17.7 Å². The van der Waals surface area contributed by atoms with Gasteiger partial charge in [0.1, 0.15) is 18.1 Å². The molecule has 1 fully saturated rings. The van der Waals surface area contributed by atoms with Crippen molar-refractivity contribution in [3.05, 3.63) is 36.4 Å². The van der Waals surface area contributed by atoms with Gasteiger partial charge in [-0.25, -0.2) is 4.68 Å². The summed E-state index contributed by atoms with van der Waals surface area (Å²) in [6.45, 7) is 0.747. The monoisotopic (exact) mass is 289 g/mol. The molecule has 7 heteroatoms. The molecule has 0 N–H and O–H groups in total. The lowest BCUT2D eigenvalue weighted by molar-refractivity contribution is -0.145. The Hall–Kier alpha value is -2.57. The summed E-state index contributed by atoms with van der Waals surface area (Å²) in [5.74, 6) is 0.517. The normalized spacial score (nSPS) is 18.2. The first-order valence-corrected chi connectivity index (χ1v) is 6.61. The summed E-state index contributed by atoms with van der Waals surface area (Å²) in [6, 6.07) is 5.39. The van der Waals surface area contributed by atoms with Crippen LogP contribution in [0.2, 0.25) is 0 Å². The first-order chi connectivity index (χ1) is 10.2. The van der Waals surface area contributed by atoms with Crippen molar-refractivity contribution in [3.63, 3.8) is 0 Å². The number of hydrogen-bond acceptors (Lipinski definition) is 5. The highest BCUT2D eigenvalue weighted by atomic mass is 16.5. The number of esters is 1. The maximum absolute atomic E-state index is 12.1. The number of rotatable bonds is 4. The standard InChI is InChI=1S/C14H15N3O4/c1-20-14(19)10-7-13(18)16(8-10)12-4-5-15-17(12)9-11-3-2-6-21-11/h2-6,10H,7-9H2,1H3. The zero-order chi connectivity index (χ0) is 14.8.